The molecule has 0 amide bonds. The van der Waals surface area contributed by atoms with E-state index in [1.165, 1.54) is 7.11 Å². The molecule has 0 aliphatic carbocycles. The van der Waals surface area contributed by atoms with Crippen LogP contribution in [0.25, 0.3) is 0 Å². The number of nitrogens with zero attached hydrogens (tertiary/aromatic N) is 2. The van der Waals surface area contributed by atoms with E-state index in [1.54, 1.807) is 0 Å². The van der Waals surface area contributed by atoms with Gasteiger partial charge in [0.2, 0.25) is 0 Å². The lowest BCUT2D eigenvalue weighted by molar-refractivity contribution is -0.147. The van der Waals surface area contributed by atoms with Crippen LogP contribution in [0.5, 0.6) is 0 Å². The Morgan fingerprint density at radius 3 is 2.67 bits per heavy atom. The lowest BCUT2D eigenvalue weighted by Gasteiger charge is -2.31. The SMILES string of the molecule is COC(=O)C1CCN(C[C@H](C)C#N)CC1. The molecule has 0 aromatic carbocycles. The largest absolute Gasteiger partial charge is 0.469 e. The third-order valence-corrected chi connectivity index (χ3v) is 2.87. The van der Waals surface area contributed by atoms with Crippen molar-refractivity contribution in [1.82, 2.24) is 4.90 Å². The van der Waals surface area contributed by atoms with Crippen LogP contribution in [-0.4, -0.2) is 37.6 Å². The molecule has 15 heavy (non-hydrogen) atoms. The fourth-order valence-electron chi connectivity index (χ4n) is 1.95. The highest BCUT2D eigenvalue weighted by Crippen LogP contribution is 2.18. The minimum absolute atomic E-state index is 0.0589. The average molecular weight is 210 g/mol. The maximum Gasteiger partial charge on any atom is 0.308 e. The van der Waals surface area contributed by atoms with Crippen LogP contribution in [-0.2, 0) is 9.53 Å². The Morgan fingerprint density at radius 2 is 2.20 bits per heavy atom. The molecule has 4 heteroatoms. The molecule has 1 rings (SSSR count). The van der Waals surface area contributed by atoms with Crippen LogP contribution in [0, 0.1) is 23.2 Å². The number of piperidine rings is 1. The highest BCUT2D eigenvalue weighted by Gasteiger charge is 2.25. The number of carbonyl (C=O) groups is 1. The van der Waals surface area contributed by atoms with Crippen LogP contribution in [0.4, 0.5) is 0 Å². The van der Waals surface area contributed by atoms with Gasteiger partial charge in [0.25, 0.3) is 0 Å². The fraction of sp³-hybridized carbons (Fsp3) is 0.818. The van der Waals surface area contributed by atoms with Gasteiger partial charge in [-0.15, -0.1) is 0 Å². The van der Waals surface area contributed by atoms with Gasteiger partial charge in [-0.05, 0) is 32.9 Å². The molecule has 0 aromatic heterocycles. The molecular weight excluding hydrogens is 192 g/mol. The molecule has 84 valence electrons. The monoisotopic (exact) mass is 210 g/mol. The van der Waals surface area contributed by atoms with E-state index in [2.05, 4.69) is 11.0 Å². The summed E-state index contributed by atoms with van der Waals surface area (Å²) in [5.74, 6) is 0.0336. The van der Waals surface area contributed by atoms with Gasteiger partial charge in [-0.25, -0.2) is 0 Å². The van der Waals surface area contributed by atoms with E-state index in [1.807, 2.05) is 6.92 Å². The molecule has 1 heterocycles. The Balaban J connectivity index is 2.30. The lowest BCUT2D eigenvalue weighted by Crippen LogP contribution is -2.38. The van der Waals surface area contributed by atoms with Crippen LogP contribution in [0.2, 0.25) is 0 Å². The first kappa shape index (κ1) is 12.0. The Hall–Kier alpha value is -1.08. The number of likely N-dealkylation sites (tertiary alicyclic amines) is 1. The highest BCUT2D eigenvalue weighted by atomic mass is 16.5. The minimum Gasteiger partial charge on any atom is -0.469 e. The highest BCUT2D eigenvalue weighted by molar-refractivity contribution is 5.72. The standard InChI is InChI=1S/C11H18N2O2/c1-9(7-12)8-13-5-3-10(4-6-13)11(14)15-2/h9-10H,3-6,8H2,1-2H3/t9-/m1/s1. The summed E-state index contributed by atoms with van der Waals surface area (Å²) in [5, 5.41) is 8.69. The third kappa shape index (κ3) is 3.52. The summed E-state index contributed by atoms with van der Waals surface area (Å²) >= 11 is 0. The number of rotatable bonds is 3. The number of hydrogen-bond acceptors (Lipinski definition) is 4. The molecule has 1 atom stereocenters. The van der Waals surface area contributed by atoms with Crippen molar-refractivity contribution in [2.75, 3.05) is 26.7 Å². The fourth-order valence-corrected chi connectivity index (χ4v) is 1.95. The molecule has 0 aromatic rings. The van der Waals surface area contributed by atoms with Crippen molar-refractivity contribution < 1.29 is 9.53 Å². The Morgan fingerprint density at radius 1 is 1.60 bits per heavy atom. The van der Waals surface area contributed by atoms with E-state index in [-0.39, 0.29) is 17.8 Å². The summed E-state index contributed by atoms with van der Waals surface area (Å²) in [6, 6.07) is 2.22. The van der Waals surface area contributed by atoms with Crippen molar-refractivity contribution in [3.63, 3.8) is 0 Å². The summed E-state index contributed by atoms with van der Waals surface area (Å²) in [4.78, 5) is 13.5. The van der Waals surface area contributed by atoms with Crippen molar-refractivity contribution in [3.8, 4) is 6.07 Å². The third-order valence-electron chi connectivity index (χ3n) is 2.87. The predicted octanol–water partition coefficient (Wildman–Crippen LogP) is 1.03. The summed E-state index contributed by atoms with van der Waals surface area (Å²) in [6.07, 6.45) is 1.70. The number of methoxy groups -OCH3 is 1. The number of nitriles is 1. The smallest absolute Gasteiger partial charge is 0.308 e. The molecule has 1 saturated heterocycles. The first-order valence-electron chi connectivity index (χ1n) is 5.37. The van der Waals surface area contributed by atoms with Gasteiger partial charge < -0.3 is 9.64 Å². The Bertz CT molecular complexity index is 252. The van der Waals surface area contributed by atoms with E-state index in [9.17, 15) is 4.79 Å². The summed E-state index contributed by atoms with van der Waals surface area (Å²) in [7, 11) is 1.44. The zero-order chi connectivity index (χ0) is 11.3. The zero-order valence-electron chi connectivity index (χ0n) is 9.40. The summed E-state index contributed by atoms with van der Waals surface area (Å²) in [5.41, 5.74) is 0. The van der Waals surface area contributed by atoms with Crippen LogP contribution in [0.1, 0.15) is 19.8 Å². The van der Waals surface area contributed by atoms with Crippen LogP contribution in [0.3, 0.4) is 0 Å². The van der Waals surface area contributed by atoms with Crippen molar-refractivity contribution in [3.05, 3.63) is 0 Å². The van der Waals surface area contributed by atoms with Gasteiger partial charge in [0.05, 0.1) is 25.0 Å². The van der Waals surface area contributed by atoms with E-state index in [0.717, 1.165) is 32.5 Å². The van der Waals surface area contributed by atoms with Gasteiger partial charge in [0.1, 0.15) is 0 Å². The van der Waals surface area contributed by atoms with E-state index >= 15 is 0 Å². The second-order valence-corrected chi connectivity index (χ2v) is 4.13. The molecule has 1 aliphatic rings. The maximum atomic E-state index is 11.3. The molecule has 1 fully saturated rings. The van der Waals surface area contributed by atoms with Gasteiger partial charge in [0, 0.05) is 6.54 Å². The average Bonchev–Trinajstić information content (AvgIpc) is 2.29. The first-order chi connectivity index (χ1) is 7.17. The second-order valence-electron chi connectivity index (χ2n) is 4.13. The van der Waals surface area contributed by atoms with Gasteiger partial charge in [-0.1, -0.05) is 0 Å². The van der Waals surface area contributed by atoms with Gasteiger partial charge in [0.15, 0.2) is 0 Å². The van der Waals surface area contributed by atoms with Gasteiger partial charge >= 0.3 is 5.97 Å². The predicted molar refractivity (Wildman–Crippen MR) is 56.0 cm³/mol. The number of carbonyl (C=O) groups excluding carboxylic acids is 1. The minimum atomic E-state index is -0.0945. The molecule has 0 N–H and O–H groups in total. The Kier molecular flexibility index (Phi) is 4.57. The second kappa shape index (κ2) is 5.72. The summed E-state index contributed by atoms with van der Waals surface area (Å²) in [6.45, 7) is 4.52. The normalized spacial score (nSPS) is 20.6. The molecule has 1 aliphatic heterocycles. The molecule has 0 radical (unpaired) electrons. The molecule has 0 bridgehead atoms. The Labute approximate surface area is 90.8 Å². The zero-order valence-corrected chi connectivity index (χ0v) is 9.40. The van der Waals surface area contributed by atoms with E-state index < -0.39 is 0 Å². The summed E-state index contributed by atoms with van der Waals surface area (Å²) < 4.78 is 4.72. The van der Waals surface area contributed by atoms with Gasteiger partial charge in [-0.3, -0.25) is 4.79 Å². The first-order valence-corrected chi connectivity index (χ1v) is 5.37. The number of ether oxygens (including phenoxy) is 1. The van der Waals surface area contributed by atoms with Crippen LogP contribution < -0.4 is 0 Å². The van der Waals surface area contributed by atoms with Gasteiger partial charge in [-0.2, -0.15) is 5.26 Å². The van der Waals surface area contributed by atoms with Crippen molar-refractivity contribution in [2.45, 2.75) is 19.8 Å². The molecule has 0 saturated carbocycles. The molecular formula is C11H18N2O2. The quantitative estimate of drug-likeness (QED) is 0.653. The number of hydrogen-bond donors (Lipinski definition) is 0. The van der Waals surface area contributed by atoms with Crippen LogP contribution in [0.15, 0.2) is 0 Å². The molecule has 4 nitrogen and oxygen atoms in total. The number of esters is 1. The van der Waals surface area contributed by atoms with Crippen molar-refractivity contribution >= 4 is 5.97 Å². The van der Waals surface area contributed by atoms with Crippen LogP contribution >= 0.6 is 0 Å². The topological polar surface area (TPSA) is 53.3 Å². The molecule has 0 spiro atoms. The van der Waals surface area contributed by atoms with Crippen molar-refractivity contribution in [2.24, 2.45) is 11.8 Å². The maximum absolute atomic E-state index is 11.3. The van der Waals surface area contributed by atoms with E-state index in [4.69, 9.17) is 10.00 Å². The van der Waals surface area contributed by atoms with E-state index in [0.29, 0.717) is 0 Å². The lowest BCUT2D eigenvalue weighted by atomic mass is 9.96. The van der Waals surface area contributed by atoms with Crippen molar-refractivity contribution in [1.29, 1.82) is 5.26 Å². The molecule has 0 unspecified atom stereocenters.